The predicted octanol–water partition coefficient (Wildman–Crippen LogP) is 3.38. The first-order chi connectivity index (χ1) is 14.9. The average Bonchev–Trinajstić information content (AvgIpc) is 3.24. The van der Waals surface area contributed by atoms with Crippen LogP contribution in [-0.4, -0.2) is 41.2 Å². The van der Waals surface area contributed by atoms with Crippen LogP contribution in [0, 0.1) is 5.92 Å². The van der Waals surface area contributed by atoms with Crippen molar-refractivity contribution in [3.63, 3.8) is 0 Å². The molecule has 1 atom stereocenters. The quantitative estimate of drug-likeness (QED) is 0.464. The molecule has 31 heavy (non-hydrogen) atoms. The number of amides is 1. The van der Waals surface area contributed by atoms with Crippen molar-refractivity contribution in [1.29, 1.82) is 0 Å². The number of fused-ring (bicyclic) bond motifs is 5. The van der Waals surface area contributed by atoms with Crippen molar-refractivity contribution < 1.29 is 14.3 Å². The Bertz CT molecular complexity index is 1350. The van der Waals surface area contributed by atoms with Crippen LogP contribution in [0.2, 0.25) is 0 Å². The molecule has 0 saturated carbocycles. The fraction of sp³-hybridized carbons (Fsp3) is 0.348. The van der Waals surface area contributed by atoms with Gasteiger partial charge in [-0.2, -0.15) is 0 Å². The molecule has 8 nitrogen and oxygen atoms in total. The SMILES string of the molecule is CCNC(=O)[C@@H](C(C)C)n1c(=O)c2cc(OC)c(OC)cc2c2cnc3[nH]ccc3c21. The largest absolute Gasteiger partial charge is 0.493 e. The van der Waals surface area contributed by atoms with Gasteiger partial charge in [0.1, 0.15) is 11.7 Å². The van der Waals surface area contributed by atoms with E-state index in [1.807, 2.05) is 26.8 Å². The molecule has 1 aromatic carbocycles. The Morgan fingerprint density at radius 1 is 1.13 bits per heavy atom. The normalized spacial score (nSPS) is 12.6. The van der Waals surface area contributed by atoms with Crippen LogP contribution in [0.3, 0.4) is 0 Å². The Morgan fingerprint density at radius 3 is 2.42 bits per heavy atom. The van der Waals surface area contributed by atoms with Crippen molar-refractivity contribution in [3.8, 4) is 11.5 Å². The van der Waals surface area contributed by atoms with E-state index in [0.29, 0.717) is 40.0 Å². The number of aromatic nitrogens is 3. The van der Waals surface area contributed by atoms with Crippen molar-refractivity contribution >= 4 is 38.6 Å². The van der Waals surface area contributed by atoms with Crippen molar-refractivity contribution in [2.24, 2.45) is 5.92 Å². The highest BCUT2D eigenvalue weighted by Gasteiger charge is 2.29. The molecule has 0 bridgehead atoms. The molecule has 0 unspecified atom stereocenters. The van der Waals surface area contributed by atoms with Crippen molar-refractivity contribution in [3.05, 3.63) is 40.9 Å². The molecule has 0 fully saturated rings. The predicted molar refractivity (Wildman–Crippen MR) is 121 cm³/mol. The number of methoxy groups -OCH3 is 2. The molecule has 0 spiro atoms. The molecular weight excluding hydrogens is 396 g/mol. The lowest BCUT2D eigenvalue weighted by atomic mass is 9.99. The van der Waals surface area contributed by atoms with E-state index in [1.54, 1.807) is 36.2 Å². The Balaban J connectivity index is 2.24. The molecule has 162 valence electrons. The lowest BCUT2D eigenvalue weighted by molar-refractivity contribution is -0.125. The van der Waals surface area contributed by atoms with E-state index in [0.717, 1.165) is 10.8 Å². The highest BCUT2D eigenvalue weighted by atomic mass is 16.5. The summed E-state index contributed by atoms with van der Waals surface area (Å²) in [6.07, 6.45) is 3.51. The zero-order chi connectivity index (χ0) is 22.3. The summed E-state index contributed by atoms with van der Waals surface area (Å²) in [5.41, 5.74) is 1.06. The van der Waals surface area contributed by atoms with Crippen LogP contribution in [0.1, 0.15) is 26.8 Å². The van der Waals surface area contributed by atoms with Gasteiger partial charge in [-0.3, -0.25) is 14.2 Å². The molecule has 0 aliphatic rings. The van der Waals surface area contributed by atoms with Gasteiger partial charge in [-0.25, -0.2) is 4.98 Å². The van der Waals surface area contributed by atoms with Gasteiger partial charge in [-0.15, -0.1) is 0 Å². The standard InChI is InChI=1S/C23H26N4O4/c1-6-24-22(28)19(12(2)3)27-20-13-7-8-25-21(13)26-11-16(20)14-9-17(30-4)18(31-5)10-15(14)23(27)29/h7-12,19H,6H2,1-5H3,(H,24,28)(H,25,26)/t19-/m1/s1. The maximum atomic E-state index is 13.9. The van der Waals surface area contributed by atoms with Gasteiger partial charge in [0, 0.05) is 35.1 Å². The minimum absolute atomic E-state index is 0.118. The number of carbonyl (C=O) groups excluding carboxylic acids is 1. The van der Waals surface area contributed by atoms with Gasteiger partial charge in [-0.05, 0) is 31.0 Å². The molecule has 3 aromatic heterocycles. The molecule has 0 saturated heterocycles. The third-order valence-corrected chi connectivity index (χ3v) is 5.59. The molecule has 4 aromatic rings. The summed E-state index contributed by atoms with van der Waals surface area (Å²) in [5, 5.41) is 5.56. The maximum Gasteiger partial charge on any atom is 0.259 e. The third-order valence-electron chi connectivity index (χ3n) is 5.59. The number of hydrogen-bond acceptors (Lipinski definition) is 5. The number of nitrogens with one attached hydrogen (secondary N) is 2. The molecule has 1 amide bonds. The van der Waals surface area contributed by atoms with Crippen LogP contribution < -0.4 is 20.3 Å². The molecular formula is C23H26N4O4. The van der Waals surface area contributed by atoms with Crippen LogP contribution in [0.15, 0.2) is 35.4 Å². The van der Waals surface area contributed by atoms with Crippen molar-refractivity contribution in [1.82, 2.24) is 19.9 Å². The molecule has 0 radical (unpaired) electrons. The number of carbonyl (C=O) groups is 1. The first-order valence-electron chi connectivity index (χ1n) is 10.3. The van der Waals surface area contributed by atoms with Crippen LogP contribution in [0.5, 0.6) is 11.5 Å². The summed E-state index contributed by atoms with van der Waals surface area (Å²) in [7, 11) is 3.08. The van der Waals surface area contributed by atoms with E-state index in [2.05, 4.69) is 15.3 Å². The van der Waals surface area contributed by atoms with Crippen LogP contribution in [-0.2, 0) is 4.79 Å². The molecule has 2 N–H and O–H groups in total. The number of nitrogens with zero attached hydrogens (tertiary/aromatic N) is 2. The Kier molecular flexibility index (Phi) is 5.31. The molecule has 4 rings (SSSR count). The lowest BCUT2D eigenvalue weighted by Gasteiger charge is -2.25. The average molecular weight is 422 g/mol. The van der Waals surface area contributed by atoms with Gasteiger partial charge < -0.3 is 19.8 Å². The monoisotopic (exact) mass is 422 g/mol. The van der Waals surface area contributed by atoms with Gasteiger partial charge in [-0.1, -0.05) is 13.8 Å². The number of pyridine rings is 2. The topological polar surface area (TPSA) is 98.2 Å². The second kappa shape index (κ2) is 7.94. The summed E-state index contributed by atoms with van der Waals surface area (Å²) in [4.78, 5) is 34.6. The van der Waals surface area contributed by atoms with E-state index in [1.165, 1.54) is 7.11 Å². The summed E-state index contributed by atoms with van der Waals surface area (Å²) in [5.74, 6) is 0.660. The van der Waals surface area contributed by atoms with E-state index < -0.39 is 6.04 Å². The fourth-order valence-corrected chi connectivity index (χ4v) is 4.22. The number of H-pyrrole nitrogens is 1. The van der Waals surface area contributed by atoms with Gasteiger partial charge in [0.2, 0.25) is 5.91 Å². The van der Waals surface area contributed by atoms with E-state index in [4.69, 9.17) is 9.47 Å². The molecule has 0 aliphatic heterocycles. The first kappa shape index (κ1) is 20.7. The van der Waals surface area contributed by atoms with Crippen LogP contribution in [0.4, 0.5) is 0 Å². The first-order valence-corrected chi connectivity index (χ1v) is 10.3. The number of rotatable bonds is 6. The number of hydrogen-bond donors (Lipinski definition) is 2. The smallest absolute Gasteiger partial charge is 0.259 e. The van der Waals surface area contributed by atoms with Crippen LogP contribution >= 0.6 is 0 Å². The summed E-state index contributed by atoms with van der Waals surface area (Å²) in [6.45, 7) is 6.22. The van der Waals surface area contributed by atoms with Crippen molar-refractivity contribution in [2.45, 2.75) is 26.8 Å². The zero-order valence-corrected chi connectivity index (χ0v) is 18.3. The maximum absolute atomic E-state index is 13.9. The fourth-order valence-electron chi connectivity index (χ4n) is 4.22. The Labute approximate surface area is 179 Å². The number of likely N-dealkylation sites (N-methyl/N-ethyl adjacent to an activating group) is 1. The van der Waals surface area contributed by atoms with E-state index in [9.17, 15) is 9.59 Å². The van der Waals surface area contributed by atoms with Gasteiger partial charge in [0.05, 0.1) is 25.1 Å². The summed E-state index contributed by atoms with van der Waals surface area (Å²) >= 11 is 0. The van der Waals surface area contributed by atoms with Crippen LogP contribution in [0.25, 0.3) is 32.7 Å². The second-order valence-corrected chi connectivity index (χ2v) is 7.77. The van der Waals surface area contributed by atoms with Crippen molar-refractivity contribution in [2.75, 3.05) is 20.8 Å². The second-order valence-electron chi connectivity index (χ2n) is 7.77. The lowest BCUT2D eigenvalue weighted by Crippen LogP contribution is -2.40. The van der Waals surface area contributed by atoms with Gasteiger partial charge in [0.15, 0.2) is 11.5 Å². The number of aromatic amines is 1. The highest BCUT2D eigenvalue weighted by molar-refractivity contribution is 6.14. The molecule has 0 aliphatic carbocycles. The Morgan fingerprint density at radius 2 is 1.81 bits per heavy atom. The minimum atomic E-state index is -0.687. The summed E-state index contributed by atoms with van der Waals surface area (Å²) in [6, 6.07) is 4.65. The minimum Gasteiger partial charge on any atom is -0.493 e. The van der Waals surface area contributed by atoms with E-state index >= 15 is 0 Å². The highest BCUT2D eigenvalue weighted by Crippen LogP contribution is 2.37. The molecule has 8 heteroatoms. The van der Waals surface area contributed by atoms with Gasteiger partial charge >= 0.3 is 0 Å². The van der Waals surface area contributed by atoms with Gasteiger partial charge in [0.25, 0.3) is 5.56 Å². The number of benzene rings is 1. The molecule has 3 heterocycles. The van der Waals surface area contributed by atoms with E-state index in [-0.39, 0.29) is 17.4 Å². The third kappa shape index (κ3) is 3.19. The number of ether oxygens (including phenoxy) is 2. The Hall–Kier alpha value is -3.55. The zero-order valence-electron chi connectivity index (χ0n) is 18.3. The summed E-state index contributed by atoms with van der Waals surface area (Å²) < 4.78 is 12.5.